The van der Waals surface area contributed by atoms with Crippen LogP contribution in [0.3, 0.4) is 0 Å². The summed E-state index contributed by atoms with van der Waals surface area (Å²) in [6, 6.07) is 6.89. The van der Waals surface area contributed by atoms with Crippen molar-refractivity contribution < 1.29 is 4.74 Å². The molecule has 35 heavy (non-hydrogen) atoms. The summed E-state index contributed by atoms with van der Waals surface area (Å²) in [6.45, 7) is 6.02. The molecule has 0 amide bonds. The minimum absolute atomic E-state index is 0. The Kier molecular flexibility index (Phi) is 18.5. The Morgan fingerprint density at radius 1 is 0.771 bits per heavy atom. The van der Waals surface area contributed by atoms with Gasteiger partial charge in [0.15, 0.2) is 0 Å². The summed E-state index contributed by atoms with van der Waals surface area (Å²) in [5.41, 5.74) is 26.6. The standard InChI is InChI=1S/C27H52N6O.ClH/c28-10-4-12-32-14-8-25(30)17-23-16-24(18-26(31)9-15-33-13-5-11-29)20-27(19-23)34-21-22-6-2-1-3-7-22;/h16,19-20,22,25-26,32-33H,1-15,17-18,21,28-31H2;1H. The molecule has 10 N–H and O–H groups in total. The Morgan fingerprint density at radius 3 is 1.77 bits per heavy atom. The molecule has 1 aliphatic carbocycles. The zero-order valence-electron chi connectivity index (χ0n) is 21.8. The molecule has 2 atom stereocenters. The fourth-order valence-corrected chi connectivity index (χ4v) is 4.70. The summed E-state index contributed by atoms with van der Waals surface area (Å²) in [5, 5.41) is 6.85. The molecule has 1 fully saturated rings. The van der Waals surface area contributed by atoms with Crippen LogP contribution in [-0.4, -0.2) is 58.0 Å². The molecule has 0 aromatic heterocycles. The summed E-state index contributed by atoms with van der Waals surface area (Å²) in [5.74, 6) is 1.66. The number of hydrogen-bond acceptors (Lipinski definition) is 7. The molecule has 1 aliphatic rings. The van der Waals surface area contributed by atoms with Gasteiger partial charge in [0.05, 0.1) is 6.61 Å². The first-order valence-electron chi connectivity index (χ1n) is 13.7. The number of rotatable bonds is 19. The second-order valence-corrected chi connectivity index (χ2v) is 10.1. The van der Waals surface area contributed by atoms with E-state index in [0.717, 1.165) is 90.1 Å². The van der Waals surface area contributed by atoms with Gasteiger partial charge < -0.3 is 38.3 Å². The summed E-state index contributed by atoms with van der Waals surface area (Å²) in [7, 11) is 0. The highest BCUT2D eigenvalue weighted by Crippen LogP contribution is 2.26. The quantitative estimate of drug-likeness (QED) is 0.157. The molecule has 0 bridgehead atoms. The van der Waals surface area contributed by atoms with Crippen LogP contribution < -0.4 is 38.3 Å². The van der Waals surface area contributed by atoms with Crippen molar-refractivity contribution in [3.63, 3.8) is 0 Å². The van der Waals surface area contributed by atoms with Crippen LogP contribution in [0.15, 0.2) is 18.2 Å². The smallest absolute Gasteiger partial charge is 0.119 e. The lowest BCUT2D eigenvalue weighted by molar-refractivity contribution is 0.208. The molecule has 204 valence electrons. The van der Waals surface area contributed by atoms with Gasteiger partial charge in [-0.05, 0) is 120 Å². The number of hydrogen-bond donors (Lipinski definition) is 6. The molecule has 7 nitrogen and oxygen atoms in total. The van der Waals surface area contributed by atoms with Crippen LogP contribution in [0, 0.1) is 5.92 Å². The molecule has 1 aromatic rings. The van der Waals surface area contributed by atoms with E-state index in [-0.39, 0.29) is 24.5 Å². The van der Waals surface area contributed by atoms with E-state index in [0.29, 0.717) is 5.92 Å². The van der Waals surface area contributed by atoms with Gasteiger partial charge in [-0.3, -0.25) is 0 Å². The monoisotopic (exact) mass is 512 g/mol. The number of benzene rings is 1. The zero-order chi connectivity index (χ0) is 24.4. The lowest BCUT2D eigenvalue weighted by Crippen LogP contribution is -2.30. The van der Waals surface area contributed by atoms with Gasteiger partial charge in [0.1, 0.15) is 5.75 Å². The van der Waals surface area contributed by atoms with Gasteiger partial charge in [-0.25, -0.2) is 0 Å². The van der Waals surface area contributed by atoms with Gasteiger partial charge in [0.25, 0.3) is 0 Å². The van der Waals surface area contributed by atoms with Gasteiger partial charge in [-0.15, -0.1) is 12.4 Å². The number of nitrogens with two attached hydrogens (primary N) is 4. The van der Waals surface area contributed by atoms with Crippen LogP contribution in [0.25, 0.3) is 0 Å². The second kappa shape index (κ2) is 20.2. The Balaban J connectivity index is 0.00000612. The van der Waals surface area contributed by atoms with Gasteiger partial charge in [-0.1, -0.05) is 25.3 Å². The van der Waals surface area contributed by atoms with Crippen molar-refractivity contribution in [3.8, 4) is 5.75 Å². The molecule has 8 heteroatoms. The third-order valence-corrected chi connectivity index (χ3v) is 6.73. The van der Waals surface area contributed by atoms with E-state index in [4.69, 9.17) is 27.7 Å². The topological polar surface area (TPSA) is 137 Å². The highest BCUT2D eigenvalue weighted by atomic mass is 35.5. The van der Waals surface area contributed by atoms with Crippen molar-refractivity contribution in [2.45, 2.75) is 82.7 Å². The van der Waals surface area contributed by atoms with E-state index >= 15 is 0 Å². The Hall–Kier alpha value is -0.930. The lowest BCUT2D eigenvalue weighted by Gasteiger charge is -2.22. The normalized spacial score (nSPS) is 16.0. The molecule has 1 aromatic carbocycles. The lowest BCUT2D eigenvalue weighted by atomic mass is 9.90. The van der Waals surface area contributed by atoms with Crippen LogP contribution in [0.1, 0.15) is 68.9 Å². The SMILES string of the molecule is Cl.NCCCNCCC(N)Cc1cc(CC(N)CCNCCCN)cc(OCC2CCCCC2)c1. The molecule has 2 rings (SSSR count). The molecule has 0 radical (unpaired) electrons. The Bertz CT molecular complexity index is 604. The number of nitrogens with one attached hydrogen (secondary N) is 2. The predicted octanol–water partition coefficient (Wildman–Crippen LogP) is 2.46. The van der Waals surface area contributed by atoms with Crippen molar-refractivity contribution in [2.24, 2.45) is 28.9 Å². The van der Waals surface area contributed by atoms with E-state index in [1.807, 2.05) is 0 Å². The van der Waals surface area contributed by atoms with E-state index in [1.54, 1.807) is 0 Å². The summed E-state index contributed by atoms with van der Waals surface area (Å²) < 4.78 is 6.31. The van der Waals surface area contributed by atoms with Gasteiger partial charge in [0.2, 0.25) is 0 Å². The highest BCUT2D eigenvalue weighted by molar-refractivity contribution is 5.85. The summed E-state index contributed by atoms with van der Waals surface area (Å²) >= 11 is 0. The van der Waals surface area contributed by atoms with Crippen LogP contribution in [0.4, 0.5) is 0 Å². The molecule has 0 aliphatic heterocycles. The molecule has 2 unspecified atom stereocenters. The first-order chi connectivity index (χ1) is 16.6. The summed E-state index contributed by atoms with van der Waals surface area (Å²) in [4.78, 5) is 0. The molecule has 0 spiro atoms. The molecule has 0 heterocycles. The minimum atomic E-state index is 0. The Morgan fingerprint density at radius 2 is 1.29 bits per heavy atom. The van der Waals surface area contributed by atoms with Crippen molar-refractivity contribution >= 4 is 12.4 Å². The van der Waals surface area contributed by atoms with Crippen molar-refractivity contribution in [1.29, 1.82) is 0 Å². The van der Waals surface area contributed by atoms with Crippen molar-refractivity contribution in [2.75, 3.05) is 45.9 Å². The molecular weight excluding hydrogens is 460 g/mol. The maximum atomic E-state index is 6.47. The maximum absolute atomic E-state index is 6.47. The second-order valence-electron chi connectivity index (χ2n) is 10.1. The average Bonchev–Trinajstić information content (AvgIpc) is 2.83. The molecule has 1 saturated carbocycles. The van der Waals surface area contributed by atoms with Gasteiger partial charge in [-0.2, -0.15) is 0 Å². The highest BCUT2D eigenvalue weighted by Gasteiger charge is 2.15. The van der Waals surface area contributed by atoms with Crippen molar-refractivity contribution in [1.82, 2.24) is 10.6 Å². The average molecular weight is 513 g/mol. The molecular formula is C27H53ClN6O. The van der Waals surface area contributed by atoms with E-state index < -0.39 is 0 Å². The first-order valence-corrected chi connectivity index (χ1v) is 13.7. The van der Waals surface area contributed by atoms with Crippen LogP contribution in [0.5, 0.6) is 5.75 Å². The largest absolute Gasteiger partial charge is 0.493 e. The van der Waals surface area contributed by atoms with Gasteiger partial charge >= 0.3 is 0 Å². The predicted molar refractivity (Wildman–Crippen MR) is 151 cm³/mol. The van der Waals surface area contributed by atoms with Crippen molar-refractivity contribution in [3.05, 3.63) is 29.3 Å². The number of ether oxygens (including phenoxy) is 1. The zero-order valence-corrected chi connectivity index (χ0v) is 22.6. The summed E-state index contributed by atoms with van der Waals surface area (Å²) in [6.07, 6.45) is 12.2. The molecule has 0 saturated heterocycles. The van der Waals surface area contributed by atoms with E-state index in [9.17, 15) is 0 Å². The van der Waals surface area contributed by atoms with E-state index in [1.165, 1.54) is 43.2 Å². The van der Waals surface area contributed by atoms with E-state index in [2.05, 4.69) is 28.8 Å². The van der Waals surface area contributed by atoms with Gasteiger partial charge in [0, 0.05) is 12.1 Å². The number of halogens is 1. The van der Waals surface area contributed by atoms with Crippen LogP contribution >= 0.6 is 12.4 Å². The maximum Gasteiger partial charge on any atom is 0.119 e. The van der Waals surface area contributed by atoms with Crippen LogP contribution in [-0.2, 0) is 12.8 Å². The minimum Gasteiger partial charge on any atom is -0.493 e. The van der Waals surface area contributed by atoms with Crippen LogP contribution in [0.2, 0.25) is 0 Å². The Labute approximate surface area is 220 Å². The first kappa shape index (κ1) is 32.1. The fraction of sp³-hybridized carbons (Fsp3) is 0.778. The third kappa shape index (κ3) is 15.0. The fourth-order valence-electron chi connectivity index (χ4n) is 4.70. The third-order valence-electron chi connectivity index (χ3n) is 6.73.